The van der Waals surface area contributed by atoms with E-state index in [4.69, 9.17) is 51.5 Å². The van der Waals surface area contributed by atoms with Crippen LogP contribution < -0.4 is 0 Å². The first-order chi connectivity index (χ1) is 5.34. The quantitative estimate of drug-likeness (QED) is 0.783. The predicted octanol–water partition coefficient (Wildman–Crippen LogP) is 2.87. The van der Waals surface area contributed by atoms with Gasteiger partial charge < -0.3 is 5.11 Å². The van der Waals surface area contributed by atoms with E-state index in [0.717, 1.165) is 0 Å². The van der Waals surface area contributed by atoms with Gasteiger partial charge in [-0.2, -0.15) is 0 Å². The van der Waals surface area contributed by atoms with E-state index in [1.807, 2.05) is 0 Å². The molecule has 0 saturated heterocycles. The molecule has 2 nitrogen and oxygen atoms in total. The van der Waals surface area contributed by atoms with Crippen molar-refractivity contribution in [2.75, 3.05) is 0 Å². The Morgan fingerprint density at radius 3 is 2.17 bits per heavy atom. The Kier molecular flexibility index (Phi) is 5.00. The van der Waals surface area contributed by atoms with E-state index in [1.54, 1.807) is 6.92 Å². The second-order valence-electron chi connectivity index (χ2n) is 2.25. The predicted molar refractivity (Wildman–Crippen MR) is 51.6 cm³/mol. The maximum atomic E-state index is 10.4. The number of carbonyl (C=O) groups is 1. The van der Waals surface area contributed by atoms with E-state index in [1.165, 1.54) is 0 Å². The fourth-order valence-electron chi connectivity index (χ4n) is 0.596. The van der Waals surface area contributed by atoms with Crippen LogP contribution in [-0.2, 0) is 4.79 Å². The summed E-state index contributed by atoms with van der Waals surface area (Å²) in [6.07, 6.45) is 0.449. The molecule has 0 fully saturated rings. The Balaban J connectivity index is 4.48. The summed E-state index contributed by atoms with van der Waals surface area (Å²) in [4.78, 5) is 10.4. The average molecular weight is 254 g/mol. The van der Waals surface area contributed by atoms with Crippen molar-refractivity contribution >= 4 is 52.4 Å². The summed E-state index contributed by atoms with van der Waals surface area (Å²) in [5.74, 6) is -1.28. The van der Waals surface area contributed by atoms with Crippen molar-refractivity contribution in [3.05, 3.63) is 0 Å². The van der Waals surface area contributed by atoms with Crippen molar-refractivity contribution in [3.8, 4) is 0 Å². The lowest BCUT2D eigenvalue weighted by Crippen LogP contribution is -2.40. The highest BCUT2D eigenvalue weighted by Gasteiger charge is 2.44. The molecule has 0 aromatic carbocycles. The third-order valence-electron chi connectivity index (χ3n) is 1.33. The smallest absolute Gasteiger partial charge is 0.324 e. The van der Waals surface area contributed by atoms with Gasteiger partial charge in [0.25, 0.3) is 0 Å². The maximum Gasteiger partial charge on any atom is 0.324 e. The first-order valence-electron chi connectivity index (χ1n) is 3.22. The molecule has 0 aromatic rings. The highest BCUT2D eigenvalue weighted by atomic mass is 35.5. The van der Waals surface area contributed by atoms with E-state index in [0.29, 0.717) is 6.42 Å². The SMILES string of the molecule is CCC(Cl)C(Cl)(Cl)C(Cl)C(=O)O. The fraction of sp³-hybridized carbons (Fsp3) is 0.833. The summed E-state index contributed by atoms with van der Waals surface area (Å²) in [5, 5.41) is 6.42. The van der Waals surface area contributed by atoms with Gasteiger partial charge in [0.05, 0.1) is 5.38 Å². The third kappa shape index (κ3) is 2.84. The molecule has 0 aliphatic carbocycles. The summed E-state index contributed by atoms with van der Waals surface area (Å²) in [6, 6.07) is 0. The van der Waals surface area contributed by atoms with Crippen LogP contribution >= 0.6 is 46.4 Å². The van der Waals surface area contributed by atoms with Crippen molar-refractivity contribution in [2.45, 2.75) is 28.4 Å². The van der Waals surface area contributed by atoms with Gasteiger partial charge >= 0.3 is 5.97 Å². The summed E-state index contributed by atoms with van der Waals surface area (Å²) in [6.45, 7) is 1.74. The standard InChI is InChI=1S/C6H8Cl4O2/c1-2-3(7)6(9,10)4(8)5(11)12/h3-4H,2H2,1H3,(H,11,12). The summed E-state index contributed by atoms with van der Waals surface area (Å²) >= 11 is 22.4. The van der Waals surface area contributed by atoms with Crippen LogP contribution in [0, 0.1) is 0 Å². The zero-order valence-electron chi connectivity index (χ0n) is 6.23. The molecule has 72 valence electrons. The van der Waals surface area contributed by atoms with Gasteiger partial charge in [-0.15, -0.1) is 23.2 Å². The minimum atomic E-state index is -1.64. The topological polar surface area (TPSA) is 37.3 Å². The lowest BCUT2D eigenvalue weighted by atomic mass is 10.2. The van der Waals surface area contributed by atoms with Crippen molar-refractivity contribution < 1.29 is 9.90 Å². The van der Waals surface area contributed by atoms with E-state index in [9.17, 15) is 4.79 Å². The van der Waals surface area contributed by atoms with E-state index < -0.39 is 21.1 Å². The number of hydrogen-bond acceptors (Lipinski definition) is 1. The summed E-state index contributed by atoms with van der Waals surface area (Å²) < 4.78 is -1.64. The van der Waals surface area contributed by atoms with Crippen LogP contribution in [0.3, 0.4) is 0 Å². The number of aliphatic carboxylic acids is 1. The summed E-state index contributed by atoms with van der Waals surface area (Å²) in [5.41, 5.74) is 0. The lowest BCUT2D eigenvalue weighted by molar-refractivity contribution is -0.136. The van der Waals surface area contributed by atoms with Crippen molar-refractivity contribution in [2.24, 2.45) is 0 Å². The van der Waals surface area contributed by atoms with Crippen LogP contribution in [0.5, 0.6) is 0 Å². The molecular weight excluding hydrogens is 246 g/mol. The zero-order chi connectivity index (χ0) is 9.94. The van der Waals surface area contributed by atoms with Gasteiger partial charge in [0.1, 0.15) is 0 Å². The monoisotopic (exact) mass is 252 g/mol. The second kappa shape index (κ2) is 4.75. The third-order valence-corrected chi connectivity index (χ3v) is 3.92. The van der Waals surface area contributed by atoms with Crippen LogP contribution in [0.2, 0.25) is 0 Å². The molecule has 0 radical (unpaired) electrons. The van der Waals surface area contributed by atoms with Gasteiger partial charge in [0, 0.05) is 0 Å². The minimum absolute atomic E-state index is 0.449. The molecule has 2 unspecified atom stereocenters. The normalized spacial score (nSPS) is 17.1. The van der Waals surface area contributed by atoms with E-state index in [2.05, 4.69) is 0 Å². The number of alkyl halides is 4. The Hall–Kier alpha value is 0.630. The molecule has 1 N–H and O–H groups in total. The molecule has 0 amide bonds. The van der Waals surface area contributed by atoms with Gasteiger partial charge in [-0.1, -0.05) is 30.1 Å². The van der Waals surface area contributed by atoms with E-state index in [-0.39, 0.29) is 0 Å². The molecule has 6 heteroatoms. The second-order valence-corrected chi connectivity index (χ2v) is 4.66. The first-order valence-corrected chi connectivity index (χ1v) is 4.85. The van der Waals surface area contributed by atoms with Crippen LogP contribution in [0.15, 0.2) is 0 Å². The van der Waals surface area contributed by atoms with Gasteiger partial charge in [-0.25, -0.2) is 0 Å². The van der Waals surface area contributed by atoms with Crippen LogP contribution in [-0.4, -0.2) is 26.2 Å². The first kappa shape index (κ1) is 12.6. The van der Waals surface area contributed by atoms with Crippen molar-refractivity contribution in [1.82, 2.24) is 0 Å². The minimum Gasteiger partial charge on any atom is -0.480 e. The van der Waals surface area contributed by atoms with Gasteiger partial charge in [-0.3, -0.25) is 4.79 Å². The Morgan fingerprint density at radius 2 is 1.92 bits per heavy atom. The molecule has 0 aliphatic heterocycles. The molecule has 0 aromatic heterocycles. The number of hydrogen-bond donors (Lipinski definition) is 1. The average Bonchev–Trinajstić information content (AvgIpc) is 2.01. The molecular formula is C6H8Cl4O2. The number of halogens is 4. The number of carboxylic acid groups (broad SMARTS) is 1. The number of carboxylic acids is 1. The summed E-state index contributed by atoms with van der Waals surface area (Å²) in [7, 11) is 0. The molecule has 0 rings (SSSR count). The fourth-order valence-corrected chi connectivity index (χ4v) is 1.43. The van der Waals surface area contributed by atoms with Crippen molar-refractivity contribution in [3.63, 3.8) is 0 Å². The van der Waals surface area contributed by atoms with Gasteiger partial charge in [0.15, 0.2) is 9.71 Å². The van der Waals surface area contributed by atoms with Gasteiger partial charge in [0.2, 0.25) is 0 Å². The molecule has 0 spiro atoms. The highest BCUT2D eigenvalue weighted by molar-refractivity contribution is 6.58. The van der Waals surface area contributed by atoms with Crippen LogP contribution in [0.25, 0.3) is 0 Å². The molecule has 0 bridgehead atoms. The molecule has 0 aliphatic rings. The maximum absolute atomic E-state index is 10.4. The molecule has 12 heavy (non-hydrogen) atoms. The van der Waals surface area contributed by atoms with Gasteiger partial charge in [-0.05, 0) is 6.42 Å². The molecule has 0 saturated carbocycles. The molecule has 2 atom stereocenters. The highest BCUT2D eigenvalue weighted by Crippen LogP contribution is 2.37. The van der Waals surface area contributed by atoms with Crippen LogP contribution in [0.4, 0.5) is 0 Å². The van der Waals surface area contributed by atoms with E-state index >= 15 is 0 Å². The Labute approximate surface area is 90.7 Å². The van der Waals surface area contributed by atoms with Crippen molar-refractivity contribution in [1.29, 1.82) is 0 Å². The zero-order valence-corrected chi connectivity index (χ0v) is 9.25. The largest absolute Gasteiger partial charge is 0.480 e. The molecule has 0 heterocycles. The van der Waals surface area contributed by atoms with Crippen LogP contribution in [0.1, 0.15) is 13.3 Å². The number of rotatable bonds is 4. The lowest BCUT2D eigenvalue weighted by Gasteiger charge is -2.26. The Bertz CT molecular complexity index is 171. The Morgan fingerprint density at radius 1 is 1.50 bits per heavy atom.